The number of oxime groups is 1. The van der Waals surface area contributed by atoms with Crippen LogP contribution in [0.3, 0.4) is 0 Å². The summed E-state index contributed by atoms with van der Waals surface area (Å²) in [6, 6.07) is 17.1. The standard InChI is InChI=1S/C29H34N6O4/c1-38-32-24-18-25(28-31-27(39-33-28)19-30-26(36)14-17-34-15-6-3-7-16-34)35(20-24)29(37)23-12-10-22(11-13-23)21-8-4-2-5-9-21/h2,4-5,8-13,25H,3,6-7,14-20H2,1H3,(H,30,36)/b32-24+. The summed E-state index contributed by atoms with van der Waals surface area (Å²) in [7, 11) is 1.48. The first kappa shape index (κ1) is 26.6. The molecule has 1 aromatic heterocycles. The van der Waals surface area contributed by atoms with Gasteiger partial charge in [0.1, 0.15) is 13.2 Å². The molecule has 2 aliphatic heterocycles. The third-order valence-corrected chi connectivity index (χ3v) is 7.20. The monoisotopic (exact) mass is 530 g/mol. The lowest BCUT2D eigenvalue weighted by Gasteiger charge is -2.25. The fourth-order valence-corrected chi connectivity index (χ4v) is 5.13. The van der Waals surface area contributed by atoms with Crippen LogP contribution in [-0.4, -0.2) is 70.8 Å². The third kappa shape index (κ3) is 6.69. The Morgan fingerprint density at radius 1 is 1.05 bits per heavy atom. The Kier molecular flexibility index (Phi) is 8.62. The van der Waals surface area contributed by atoms with Crippen LogP contribution in [0, 0.1) is 0 Å². The minimum absolute atomic E-state index is 0.0496. The Labute approximate surface area is 228 Å². The maximum absolute atomic E-state index is 13.5. The number of likely N-dealkylation sites (tertiary alicyclic amines) is 2. The molecule has 2 amide bonds. The number of hydrogen-bond acceptors (Lipinski definition) is 8. The molecule has 0 spiro atoms. The fraction of sp³-hybridized carbons (Fsp3) is 0.414. The van der Waals surface area contributed by atoms with Crippen LogP contribution in [0.4, 0.5) is 0 Å². The maximum Gasteiger partial charge on any atom is 0.254 e. The molecule has 0 saturated carbocycles. The highest BCUT2D eigenvalue weighted by Gasteiger charge is 2.38. The van der Waals surface area contributed by atoms with E-state index >= 15 is 0 Å². The molecule has 2 saturated heterocycles. The first-order valence-electron chi connectivity index (χ1n) is 13.5. The number of benzene rings is 2. The van der Waals surface area contributed by atoms with E-state index in [1.165, 1.54) is 26.4 Å². The number of hydrogen-bond donors (Lipinski definition) is 1. The van der Waals surface area contributed by atoms with Gasteiger partial charge in [0.2, 0.25) is 11.8 Å². The molecule has 1 atom stereocenters. The van der Waals surface area contributed by atoms with Gasteiger partial charge in [-0.25, -0.2) is 0 Å². The van der Waals surface area contributed by atoms with Gasteiger partial charge >= 0.3 is 0 Å². The van der Waals surface area contributed by atoms with Crippen LogP contribution in [0.5, 0.6) is 0 Å². The van der Waals surface area contributed by atoms with E-state index in [0.29, 0.717) is 42.4 Å². The molecule has 2 aliphatic rings. The Morgan fingerprint density at radius 2 is 1.79 bits per heavy atom. The van der Waals surface area contributed by atoms with Crippen molar-refractivity contribution in [1.82, 2.24) is 25.3 Å². The van der Waals surface area contributed by atoms with Crippen molar-refractivity contribution in [2.75, 3.05) is 33.3 Å². The van der Waals surface area contributed by atoms with E-state index in [0.717, 1.165) is 30.8 Å². The zero-order valence-corrected chi connectivity index (χ0v) is 22.2. The Hall–Kier alpha value is -4.05. The van der Waals surface area contributed by atoms with Crippen LogP contribution in [0.25, 0.3) is 11.1 Å². The summed E-state index contributed by atoms with van der Waals surface area (Å²) in [5.74, 6) is 0.473. The highest BCUT2D eigenvalue weighted by atomic mass is 16.6. The largest absolute Gasteiger partial charge is 0.399 e. The van der Waals surface area contributed by atoms with Crippen LogP contribution in [-0.2, 0) is 16.2 Å². The second-order valence-electron chi connectivity index (χ2n) is 9.91. The zero-order valence-electron chi connectivity index (χ0n) is 22.2. The molecule has 2 aromatic carbocycles. The lowest BCUT2D eigenvalue weighted by Crippen LogP contribution is -2.34. The van der Waals surface area contributed by atoms with Crippen molar-refractivity contribution in [2.45, 2.75) is 44.7 Å². The third-order valence-electron chi connectivity index (χ3n) is 7.20. The van der Waals surface area contributed by atoms with Crippen molar-refractivity contribution in [3.05, 3.63) is 71.9 Å². The van der Waals surface area contributed by atoms with Gasteiger partial charge in [0.05, 0.1) is 18.8 Å². The normalized spacial score (nSPS) is 18.8. The molecule has 0 bridgehead atoms. The summed E-state index contributed by atoms with van der Waals surface area (Å²) in [5.41, 5.74) is 3.40. The molecule has 2 fully saturated rings. The van der Waals surface area contributed by atoms with E-state index < -0.39 is 6.04 Å². The van der Waals surface area contributed by atoms with Gasteiger partial charge in [0.15, 0.2) is 5.82 Å². The van der Waals surface area contributed by atoms with Gasteiger partial charge in [0, 0.05) is 24.9 Å². The number of rotatable bonds is 9. The molecule has 1 unspecified atom stereocenters. The minimum Gasteiger partial charge on any atom is -0.399 e. The average Bonchev–Trinajstić information content (AvgIpc) is 3.63. The van der Waals surface area contributed by atoms with Gasteiger partial charge in [-0.2, -0.15) is 4.98 Å². The van der Waals surface area contributed by atoms with Crippen molar-refractivity contribution < 1.29 is 18.9 Å². The van der Waals surface area contributed by atoms with E-state index in [2.05, 4.69) is 25.5 Å². The molecule has 1 N–H and O–H groups in total. The molecule has 0 aliphatic carbocycles. The number of carbonyl (C=O) groups is 2. The molecule has 39 heavy (non-hydrogen) atoms. The lowest BCUT2D eigenvalue weighted by atomic mass is 10.0. The van der Waals surface area contributed by atoms with Gasteiger partial charge in [-0.15, -0.1) is 0 Å². The SMILES string of the molecule is CO/N=C1\CC(c2noc(CNC(=O)CCN3CCCCC3)n2)N(C(=O)c2ccc(-c3ccccc3)cc2)C1. The predicted octanol–water partition coefficient (Wildman–Crippen LogP) is 3.82. The fourth-order valence-electron chi connectivity index (χ4n) is 5.13. The first-order valence-corrected chi connectivity index (χ1v) is 13.5. The molecular formula is C29H34N6O4. The summed E-state index contributed by atoms with van der Waals surface area (Å²) >= 11 is 0. The number of amides is 2. The van der Waals surface area contributed by atoms with Gasteiger partial charge in [0.25, 0.3) is 5.91 Å². The van der Waals surface area contributed by atoms with Crippen molar-refractivity contribution in [1.29, 1.82) is 0 Å². The van der Waals surface area contributed by atoms with E-state index in [9.17, 15) is 9.59 Å². The quantitative estimate of drug-likeness (QED) is 0.419. The summed E-state index contributed by atoms with van der Waals surface area (Å²) in [4.78, 5) is 39.4. The van der Waals surface area contributed by atoms with E-state index in [1.807, 2.05) is 54.6 Å². The smallest absolute Gasteiger partial charge is 0.254 e. The second-order valence-corrected chi connectivity index (χ2v) is 9.91. The summed E-state index contributed by atoms with van der Waals surface area (Å²) in [6.45, 7) is 3.32. The molecular weight excluding hydrogens is 496 g/mol. The van der Waals surface area contributed by atoms with Crippen molar-refractivity contribution >= 4 is 17.5 Å². The minimum atomic E-state index is -0.451. The number of piperidine rings is 1. The number of aromatic nitrogens is 2. The van der Waals surface area contributed by atoms with Gasteiger partial charge < -0.3 is 24.5 Å². The number of carbonyl (C=O) groups excluding carboxylic acids is 2. The summed E-state index contributed by atoms with van der Waals surface area (Å²) in [6.07, 6.45) is 4.53. The van der Waals surface area contributed by atoms with Crippen LogP contribution < -0.4 is 5.32 Å². The van der Waals surface area contributed by atoms with Gasteiger partial charge in [-0.3, -0.25) is 9.59 Å². The summed E-state index contributed by atoms with van der Waals surface area (Å²) in [5, 5.41) is 11.1. The number of nitrogens with one attached hydrogen (secondary N) is 1. The van der Waals surface area contributed by atoms with Crippen molar-refractivity contribution in [2.24, 2.45) is 5.16 Å². The van der Waals surface area contributed by atoms with Crippen molar-refractivity contribution in [3.63, 3.8) is 0 Å². The molecule has 3 heterocycles. The molecule has 5 rings (SSSR count). The molecule has 0 radical (unpaired) electrons. The van der Waals surface area contributed by atoms with Crippen LogP contribution in [0.1, 0.15) is 60.2 Å². The lowest BCUT2D eigenvalue weighted by molar-refractivity contribution is -0.121. The highest BCUT2D eigenvalue weighted by Crippen LogP contribution is 2.31. The van der Waals surface area contributed by atoms with Crippen molar-refractivity contribution in [3.8, 4) is 11.1 Å². The van der Waals surface area contributed by atoms with Gasteiger partial charge in [-0.05, 0) is 49.2 Å². The zero-order chi connectivity index (χ0) is 27.0. The van der Waals surface area contributed by atoms with Crippen LogP contribution in [0.2, 0.25) is 0 Å². The van der Waals surface area contributed by atoms with Crippen LogP contribution >= 0.6 is 0 Å². The predicted molar refractivity (Wildman–Crippen MR) is 146 cm³/mol. The van der Waals surface area contributed by atoms with E-state index in [4.69, 9.17) is 9.36 Å². The molecule has 10 heteroatoms. The summed E-state index contributed by atoms with van der Waals surface area (Å²) < 4.78 is 5.42. The number of nitrogens with zero attached hydrogens (tertiary/aromatic N) is 5. The average molecular weight is 531 g/mol. The maximum atomic E-state index is 13.5. The Balaban J connectivity index is 1.22. The topological polar surface area (TPSA) is 113 Å². The van der Waals surface area contributed by atoms with Crippen LogP contribution in [0.15, 0.2) is 64.3 Å². The van der Waals surface area contributed by atoms with Gasteiger partial charge in [-0.1, -0.05) is 59.2 Å². The van der Waals surface area contributed by atoms with E-state index in [-0.39, 0.29) is 18.4 Å². The van der Waals surface area contributed by atoms with E-state index in [1.54, 1.807) is 4.90 Å². The first-order chi connectivity index (χ1) is 19.1. The second kappa shape index (κ2) is 12.7. The molecule has 3 aromatic rings. The Morgan fingerprint density at radius 3 is 2.54 bits per heavy atom. The Bertz CT molecular complexity index is 1280. The highest BCUT2D eigenvalue weighted by molar-refractivity contribution is 6.00. The molecule has 10 nitrogen and oxygen atoms in total. The molecule has 204 valence electrons.